The Morgan fingerprint density at radius 1 is 0.485 bits per heavy atom. The summed E-state index contributed by atoms with van der Waals surface area (Å²) < 4.78 is 0. The van der Waals surface area contributed by atoms with Crippen LogP contribution in [0.25, 0.3) is 0 Å². The van der Waals surface area contributed by atoms with Crippen molar-refractivity contribution in [1.29, 1.82) is 0 Å². The van der Waals surface area contributed by atoms with E-state index in [1.807, 2.05) is 73.0 Å². The summed E-state index contributed by atoms with van der Waals surface area (Å²) in [5.74, 6) is -0.167. The lowest BCUT2D eigenvalue weighted by Gasteiger charge is -2.22. The zero-order chi connectivity index (χ0) is 49.1. The van der Waals surface area contributed by atoms with Gasteiger partial charge in [-0.1, -0.05) is 124 Å². The van der Waals surface area contributed by atoms with Crippen molar-refractivity contribution in [3.05, 3.63) is 200 Å². The number of amides is 3. The Morgan fingerprint density at radius 2 is 0.750 bits per heavy atom. The summed E-state index contributed by atoms with van der Waals surface area (Å²) in [7, 11) is 0. The molecule has 0 saturated heterocycles. The minimum atomic E-state index is -0.412. The zero-order valence-electron chi connectivity index (χ0n) is 37.1. The molecule has 3 amide bonds. The van der Waals surface area contributed by atoms with E-state index in [1.54, 1.807) is 65.6 Å². The maximum Gasteiger partial charge on any atom is 0.274 e. The van der Waals surface area contributed by atoms with Gasteiger partial charge in [-0.3, -0.25) is 24.5 Å². The quantitative estimate of drug-likeness (QED) is 0.0916. The topological polar surface area (TPSA) is 156 Å². The van der Waals surface area contributed by atoms with Gasteiger partial charge in [0.15, 0.2) is 0 Å². The molecule has 0 aromatic heterocycles. The van der Waals surface area contributed by atoms with Gasteiger partial charge < -0.3 is 26.2 Å². The number of nitrogens with zero attached hydrogens (tertiary/aromatic N) is 4. The van der Waals surface area contributed by atoms with Crippen LogP contribution in [0.1, 0.15) is 89.0 Å². The van der Waals surface area contributed by atoms with Gasteiger partial charge in [-0.25, -0.2) is 0 Å². The number of fused-ring (bicyclic) bond motifs is 3. The first-order valence-electron chi connectivity index (χ1n) is 21.6. The Kier molecular flexibility index (Phi) is 15.9. The van der Waals surface area contributed by atoms with Crippen molar-refractivity contribution in [3.8, 4) is 0 Å². The average molecular weight is 1040 g/mol. The number of carbonyl (C=O) groups is 3. The van der Waals surface area contributed by atoms with E-state index in [9.17, 15) is 24.5 Å². The van der Waals surface area contributed by atoms with Gasteiger partial charge in [0.05, 0.1) is 54.4 Å². The fourth-order valence-corrected chi connectivity index (χ4v) is 10.5. The second kappa shape index (κ2) is 21.4. The maximum absolute atomic E-state index is 12.7. The molecule has 352 valence electrons. The van der Waals surface area contributed by atoms with Crippen molar-refractivity contribution in [1.82, 2.24) is 14.7 Å². The van der Waals surface area contributed by atoms with Crippen molar-refractivity contribution >= 4 is 104 Å². The van der Waals surface area contributed by atoms with Gasteiger partial charge in [-0.05, 0) is 114 Å². The summed E-state index contributed by atoms with van der Waals surface area (Å²) in [6.07, 6.45) is 0.443. The highest BCUT2D eigenvalue weighted by atomic mass is 35.5. The zero-order valence-corrected chi connectivity index (χ0v) is 41.7. The highest BCUT2D eigenvalue weighted by Gasteiger charge is 2.36. The van der Waals surface area contributed by atoms with Crippen molar-refractivity contribution < 1.29 is 19.3 Å². The van der Waals surface area contributed by atoms with Gasteiger partial charge >= 0.3 is 0 Å². The molecule has 3 aliphatic heterocycles. The number of halogens is 6. The van der Waals surface area contributed by atoms with E-state index in [2.05, 4.69) is 0 Å². The predicted octanol–water partition coefficient (Wildman–Crippen LogP) is 13.0. The van der Waals surface area contributed by atoms with E-state index in [-0.39, 0.29) is 67.3 Å². The first kappa shape index (κ1) is 50.3. The summed E-state index contributed by atoms with van der Waals surface area (Å²) in [4.78, 5) is 54.1. The molecule has 9 rings (SSSR count). The van der Waals surface area contributed by atoms with Crippen LogP contribution in [0, 0.1) is 10.1 Å². The third-order valence-corrected chi connectivity index (χ3v) is 14.9. The van der Waals surface area contributed by atoms with Gasteiger partial charge in [0.1, 0.15) is 0 Å². The van der Waals surface area contributed by atoms with Crippen molar-refractivity contribution in [2.75, 3.05) is 11.5 Å². The molecule has 6 aromatic carbocycles. The summed E-state index contributed by atoms with van der Waals surface area (Å²) in [6.45, 7) is 7.17. The first-order valence-corrected chi connectivity index (χ1v) is 23.8. The molecule has 17 heteroatoms. The number of nitro groups is 1. The molecule has 3 atom stereocenters. The number of nitrogens with two attached hydrogens (primary N) is 2. The summed E-state index contributed by atoms with van der Waals surface area (Å²) in [5.41, 5.74) is 21.2. The van der Waals surface area contributed by atoms with Gasteiger partial charge in [-0.2, -0.15) is 0 Å². The molecule has 3 aliphatic rings. The fourth-order valence-electron chi connectivity index (χ4n) is 8.92. The molecular formula is C51H46Cl6N6O5. The molecule has 3 heterocycles. The number of nitrogen functional groups attached to an aromatic ring is 2. The molecule has 0 radical (unpaired) electrons. The highest BCUT2D eigenvalue weighted by Crippen LogP contribution is 2.41. The second-order valence-corrected chi connectivity index (χ2v) is 19.1. The summed E-state index contributed by atoms with van der Waals surface area (Å²) in [6, 6.07) is 31.9. The van der Waals surface area contributed by atoms with E-state index in [1.165, 1.54) is 6.07 Å². The molecule has 4 N–H and O–H groups in total. The van der Waals surface area contributed by atoms with E-state index >= 15 is 0 Å². The second-order valence-electron chi connectivity index (χ2n) is 16.7. The van der Waals surface area contributed by atoms with Crippen LogP contribution in [-0.4, -0.2) is 37.3 Å². The van der Waals surface area contributed by atoms with E-state index in [0.717, 1.165) is 39.2 Å². The Morgan fingerprint density at radius 3 is 1.04 bits per heavy atom. The van der Waals surface area contributed by atoms with Crippen LogP contribution < -0.4 is 11.5 Å². The first-order chi connectivity index (χ1) is 32.4. The number of benzene rings is 6. The van der Waals surface area contributed by atoms with Gasteiger partial charge in [0, 0.05) is 60.7 Å². The van der Waals surface area contributed by atoms with Gasteiger partial charge in [0.25, 0.3) is 5.69 Å². The molecule has 6 aromatic rings. The van der Waals surface area contributed by atoms with Crippen LogP contribution in [0.2, 0.25) is 30.1 Å². The molecule has 3 unspecified atom stereocenters. The van der Waals surface area contributed by atoms with Gasteiger partial charge in [-0.15, -0.1) is 0 Å². The lowest BCUT2D eigenvalue weighted by atomic mass is 10.0. The predicted molar refractivity (Wildman–Crippen MR) is 272 cm³/mol. The number of anilines is 2. The number of rotatable bonds is 7. The van der Waals surface area contributed by atoms with Crippen LogP contribution in [0.15, 0.2) is 109 Å². The number of hydrogen-bond donors (Lipinski definition) is 2. The molecule has 0 saturated carbocycles. The fraction of sp³-hybridized carbons (Fsp3) is 0.235. The molecule has 0 bridgehead atoms. The molecule has 0 fully saturated rings. The Hall–Kier alpha value is -5.53. The lowest BCUT2D eigenvalue weighted by molar-refractivity contribution is -0.385. The SMILES string of the molecule is CC1c2cccc(N)c2CN1C(=O)Cc1c(Cl)cccc1Cl.CC1c2cccc(N)c2CN1C(=O)Cc1c(Cl)cccc1Cl.CC1c2cccc([N+](=O)[O-])c2CN1C(=O)Cc1c(Cl)cccc1Cl. The highest BCUT2D eigenvalue weighted by molar-refractivity contribution is 6.37. The summed E-state index contributed by atoms with van der Waals surface area (Å²) >= 11 is 36.9. The number of carbonyl (C=O) groups excluding carboxylic acids is 3. The van der Waals surface area contributed by atoms with Crippen molar-refractivity contribution in [2.45, 2.75) is 77.8 Å². The number of hydrogen-bond acceptors (Lipinski definition) is 7. The lowest BCUT2D eigenvalue weighted by Crippen LogP contribution is -2.29. The monoisotopic (exact) mass is 1030 g/mol. The Balaban J connectivity index is 0.000000151. The van der Waals surface area contributed by atoms with Gasteiger partial charge in [0.2, 0.25) is 17.7 Å². The molecular weight excluding hydrogens is 989 g/mol. The largest absolute Gasteiger partial charge is 0.398 e. The van der Waals surface area contributed by atoms with Crippen LogP contribution in [-0.2, 0) is 53.3 Å². The minimum Gasteiger partial charge on any atom is -0.398 e. The van der Waals surface area contributed by atoms with Crippen molar-refractivity contribution in [2.24, 2.45) is 0 Å². The third kappa shape index (κ3) is 10.5. The summed E-state index contributed by atoms with van der Waals surface area (Å²) in [5, 5.41) is 14.1. The molecule has 11 nitrogen and oxygen atoms in total. The average Bonchev–Trinajstić information content (AvgIpc) is 3.96. The standard InChI is InChI=1S/C17H14Cl2N2O3.2C17H16Cl2N2O/c1-10-11-4-2-7-16(21(23)24)13(11)9-20(10)17(22)8-12-14(18)5-3-6-15(12)19;2*1-10-11-4-2-7-16(20)13(11)9-21(10)17(22)8-12-14(18)5-3-6-15(12)19/h2-7,10H,8-9H2,1H3;2*2-7,10H,8-9,20H2,1H3. The van der Waals surface area contributed by atoms with Crippen LogP contribution in [0.4, 0.5) is 17.1 Å². The van der Waals surface area contributed by atoms with Crippen LogP contribution in [0.3, 0.4) is 0 Å². The van der Waals surface area contributed by atoms with E-state index in [0.29, 0.717) is 65.5 Å². The normalized spacial score (nSPS) is 16.5. The van der Waals surface area contributed by atoms with Crippen LogP contribution >= 0.6 is 69.6 Å². The molecule has 0 spiro atoms. The van der Waals surface area contributed by atoms with E-state index in [4.69, 9.17) is 81.1 Å². The Labute approximate surface area is 424 Å². The molecule has 68 heavy (non-hydrogen) atoms. The maximum atomic E-state index is 12.7. The van der Waals surface area contributed by atoms with Crippen LogP contribution in [0.5, 0.6) is 0 Å². The third-order valence-electron chi connectivity index (χ3n) is 12.7. The minimum absolute atomic E-state index is 0.00176. The molecule has 0 aliphatic carbocycles. The number of nitro benzene ring substituents is 1. The Bertz CT molecular complexity index is 2770. The smallest absolute Gasteiger partial charge is 0.274 e. The van der Waals surface area contributed by atoms with E-state index < -0.39 is 4.92 Å². The van der Waals surface area contributed by atoms with Crippen molar-refractivity contribution in [3.63, 3.8) is 0 Å².